The highest BCUT2D eigenvalue weighted by Crippen LogP contribution is 2.34. The molecule has 100 valence electrons. The van der Waals surface area contributed by atoms with Crippen molar-refractivity contribution in [2.45, 2.75) is 6.42 Å². The van der Waals surface area contributed by atoms with Crippen LogP contribution in [-0.2, 0) is 6.42 Å². The van der Waals surface area contributed by atoms with Gasteiger partial charge in [0.1, 0.15) is 0 Å². The third-order valence-electron chi connectivity index (χ3n) is 3.03. The molecule has 0 aliphatic carbocycles. The number of hydrogen-bond donors (Lipinski definition) is 0. The van der Waals surface area contributed by atoms with Crippen molar-refractivity contribution < 1.29 is 0 Å². The van der Waals surface area contributed by atoms with Crippen LogP contribution in [0.15, 0.2) is 42.5 Å². The Hall–Kier alpha value is -1.02. The normalized spacial score (nSPS) is 11.0. The molecule has 0 atom stereocenters. The van der Waals surface area contributed by atoms with Gasteiger partial charge in [-0.15, -0.1) is 0 Å². The molecule has 2 aromatic carbocycles. The number of benzene rings is 2. The first-order valence-corrected chi connectivity index (χ1v) is 7.01. The van der Waals surface area contributed by atoms with Gasteiger partial charge in [-0.05, 0) is 43.8 Å². The fourth-order valence-electron chi connectivity index (χ4n) is 2.01. The Kier molecular flexibility index (Phi) is 4.87. The first-order chi connectivity index (χ1) is 9.08. The second-order valence-electron chi connectivity index (χ2n) is 4.85. The molecule has 0 spiro atoms. The van der Waals surface area contributed by atoms with Gasteiger partial charge in [0, 0.05) is 22.2 Å². The minimum atomic E-state index is 0.692. The van der Waals surface area contributed by atoms with E-state index < -0.39 is 0 Å². The predicted octanol–water partition coefficient (Wildman–Crippen LogP) is 4.76. The van der Waals surface area contributed by atoms with Crippen molar-refractivity contribution in [2.75, 3.05) is 20.6 Å². The van der Waals surface area contributed by atoms with Crippen molar-refractivity contribution in [1.82, 2.24) is 4.90 Å². The van der Waals surface area contributed by atoms with Crippen LogP contribution >= 0.6 is 23.2 Å². The standard InChI is InChI=1S/C16H17Cl2N/c1-19(2)10-9-12-5-3-6-13(11-12)16-14(17)7-4-8-15(16)18/h3-8,11H,9-10H2,1-2H3. The van der Waals surface area contributed by atoms with Crippen LogP contribution in [-0.4, -0.2) is 25.5 Å². The van der Waals surface area contributed by atoms with Crippen LogP contribution in [0, 0.1) is 0 Å². The molecule has 19 heavy (non-hydrogen) atoms. The molecule has 0 N–H and O–H groups in total. The molecule has 0 heterocycles. The Morgan fingerprint density at radius 1 is 0.947 bits per heavy atom. The van der Waals surface area contributed by atoms with Crippen LogP contribution in [0.4, 0.5) is 0 Å². The first-order valence-electron chi connectivity index (χ1n) is 6.26. The second kappa shape index (κ2) is 6.42. The molecule has 3 heteroatoms. The van der Waals surface area contributed by atoms with Crippen molar-refractivity contribution in [1.29, 1.82) is 0 Å². The Morgan fingerprint density at radius 2 is 1.58 bits per heavy atom. The molecule has 0 aliphatic rings. The summed E-state index contributed by atoms with van der Waals surface area (Å²) in [4.78, 5) is 2.18. The molecule has 0 bridgehead atoms. The zero-order chi connectivity index (χ0) is 13.8. The Morgan fingerprint density at radius 3 is 2.21 bits per heavy atom. The maximum atomic E-state index is 6.25. The van der Waals surface area contributed by atoms with Crippen molar-refractivity contribution in [3.8, 4) is 11.1 Å². The van der Waals surface area contributed by atoms with E-state index in [0.29, 0.717) is 10.0 Å². The summed E-state index contributed by atoms with van der Waals surface area (Å²) in [7, 11) is 4.16. The van der Waals surface area contributed by atoms with Crippen LogP contribution in [0.5, 0.6) is 0 Å². The van der Waals surface area contributed by atoms with Gasteiger partial charge in [-0.2, -0.15) is 0 Å². The molecule has 1 nitrogen and oxygen atoms in total. The molecule has 0 saturated heterocycles. The molecule has 0 fully saturated rings. The molecule has 0 saturated carbocycles. The first kappa shape index (κ1) is 14.4. The lowest BCUT2D eigenvalue weighted by atomic mass is 10.0. The van der Waals surface area contributed by atoms with E-state index in [1.54, 1.807) is 0 Å². The lowest BCUT2D eigenvalue weighted by Crippen LogP contribution is -2.14. The summed E-state index contributed by atoms with van der Waals surface area (Å²) in [6.07, 6.45) is 1.02. The van der Waals surface area contributed by atoms with Crippen LogP contribution in [0.3, 0.4) is 0 Å². The fraction of sp³-hybridized carbons (Fsp3) is 0.250. The van der Waals surface area contributed by atoms with Crippen molar-refractivity contribution in [3.63, 3.8) is 0 Å². The van der Waals surface area contributed by atoms with E-state index >= 15 is 0 Å². The number of rotatable bonds is 4. The summed E-state index contributed by atoms with van der Waals surface area (Å²) in [6.45, 7) is 1.03. The van der Waals surface area contributed by atoms with Gasteiger partial charge in [0.05, 0.1) is 0 Å². The molecular weight excluding hydrogens is 277 g/mol. The Bertz CT molecular complexity index is 544. The molecule has 0 radical (unpaired) electrons. The maximum Gasteiger partial charge on any atom is 0.0499 e. The zero-order valence-corrected chi connectivity index (χ0v) is 12.7. The van der Waals surface area contributed by atoms with E-state index in [0.717, 1.165) is 24.1 Å². The van der Waals surface area contributed by atoms with Crippen LogP contribution in [0.1, 0.15) is 5.56 Å². The van der Waals surface area contributed by atoms with Crippen LogP contribution in [0.25, 0.3) is 11.1 Å². The molecule has 0 amide bonds. The molecule has 0 aliphatic heterocycles. The van der Waals surface area contributed by atoms with Gasteiger partial charge in [0.15, 0.2) is 0 Å². The van der Waals surface area contributed by atoms with Gasteiger partial charge in [0.2, 0.25) is 0 Å². The van der Waals surface area contributed by atoms with E-state index in [9.17, 15) is 0 Å². The number of halogens is 2. The molecular formula is C16H17Cl2N. The summed E-state index contributed by atoms with van der Waals surface area (Å²) >= 11 is 12.5. The van der Waals surface area contributed by atoms with E-state index in [1.165, 1.54) is 5.56 Å². The van der Waals surface area contributed by atoms with Crippen molar-refractivity contribution in [2.24, 2.45) is 0 Å². The number of hydrogen-bond acceptors (Lipinski definition) is 1. The van der Waals surface area contributed by atoms with E-state index in [1.807, 2.05) is 24.3 Å². The highest BCUT2D eigenvalue weighted by Gasteiger charge is 2.08. The minimum Gasteiger partial charge on any atom is -0.309 e. The minimum absolute atomic E-state index is 0.692. The molecule has 0 unspecified atom stereocenters. The summed E-state index contributed by atoms with van der Waals surface area (Å²) in [5.74, 6) is 0. The van der Waals surface area contributed by atoms with Crippen molar-refractivity contribution in [3.05, 3.63) is 58.1 Å². The third-order valence-corrected chi connectivity index (χ3v) is 3.66. The van der Waals surface area contributed by atoms with Crippen molar-refractivity contribution >= 4 is 23.2 Å². The summed E-state index contributed by atoms with van der Waals surface area (Å²) in [5, 5.41) is 1.38. The molecule has 2 aromatic rings. The largest absolute Gasteiger partial charge is 0.309 e. The van der Waals surface area contributed by atoms with Gasteiger partial charge in [-0.25, -0.2) is 0 Å². The highest BCUT2D eigenvalue weighted by molar-refractivity contribution is 6.39. The molecule has 2 rings (SSSR count). The Labute approximate surface area is 124 Å². The monoisotopic (exact) mass is 293 g/mol. The van der Waals surface area contributed by atoms with Gasteiger partial charge in [0.25, 0.3) is 0 Å². The van der Waals surface area contributed by atoms with Gasteiger partial charge >= 0.3 is 0 Å². The average molecular weight is 294 g/mol. The smallest absolute Gasteiger partial charge is 0.0499 e. The van der Waals surface area contributed by atoms with Crippen LogP contribution in [0.2, 0.25) is 10.0 Å². The lowest BCUT2D eigenvalue weighted by molar-refractivity contribution is 0.413. The number of likely N-dealkylation sites (N-methyl/N-ethyl adjacent to an activating group) is 1. The topological polar surface area (TPSA) is 3.24 Å². The van der Waals surface area contributed by atoms with Gasteiger partial charge in [-0.1, -0.05) is 53.5 Å². The van der Waals surface area contributed by atoms with E-state index in [-0.39, 0.29) is 0 Å². The van der Waals surface area contributed by atoms with Gasteiger partial charge < -0.3 is 4.90 Å². The predicted molar refractivity (Wildman–Crippen MR) is 84.2 cm³/mol. The quantitative estimate of drug-likeness (QED) is 0.785. The Balaban J connectivity index is 2.33. The van der Waals surface area contributed by atoms with Crippen LogP contribution < -0.4 is 0 Å². The maximum absolute atomic E-state index is 6.25. The summed E-state index contributed by atoms with van der Waals surface area (Å²) < 4.78 is 0. The average Bonchev–Trinajstić information content (AvgIpc) is 2.37. The third kappa shape index (κ3) is 3.73. The van der Waals surface area contributed by atoms with E-state index in [4.69, 9.17) is 23.2 Å². The highest BCUT2D eigenvalue weighted by atomic mass is 35.5. The zero-order valence-electron chi connectivity index (χ0n) is 11.2. The summed E-state index contributed by atoms with van der Waals surface area (Å²) in [6, 6.07) is 14.0. The fourth-order valence-corrected chi connectivity index (χ4v) is 2.62. The van der Waals surface area contributed by atoms with Gasteiger partial charge in [-0.3, -0.25) is 0 Å². The SMILES string of the molecule is CN(C)CCc1cccc(-c2c(Cl)cccc2Cl)c1. The lowest BCUT2D eigenvalue weighted by Gasteiger charge is -2.11. The summed E-state index contributed by atoms with van der Waals surface area (Å²) in [5.41, 5.74) is 3.28. The van der Waals surface area contributed by atoms with E-state index in [2.05, 4.69) is 37.2 Å². The second-order valence-corrected chi connectivity index (χ2v) is 5.66. The number of nitrogens with zero attached hydrogens (tertiary/aromatic N) is 1. The molecule has 0 aromatic heterocycles.